The Labute approximate surface area is 113 Å². The zero-order valence-electron chi connectivity index (χ0n) is 10.7. The predicted molar refractivity (Wildman–Crippen MR) is 74.4 cm³/mol. The number of nitrogens with zero attached hydrogens (tertiary/aromatic N) is 1. The van der Waals surface area contributed by atoms with Gasteiger partial charge < -0.3 is 4.74 Å². The smallest absolute Gasteiger partial charge is 0.340 e. The number of aromatic nitrogens is 1. The first-order valence-electron chi connectivity index (χ1n) is 5.68. The summed E-state index contributed by atoms with van der Waals surface area (Å²) in [5, 5.41) is 1.00. The first-order chi connectivity index (χ1) is 8.15. The van der Waals surface area contributed by atoms with Crippen LogP contribution in [0.1, 0.15) is 28.5 Å². The van der Waals surface area contributed by atoms with Crippen LogP contribution in [-0.4, -0.2) is 17.6 Å². The zero-order valence-corrected chi connectivity index (χ0v) is 11.5. The van der Waals surface area contributed by atoms with E-state index in [9.17, 15) is 4.79 Å². The van der Waals surface area contributed by atoms with E-state index in [1.165, 1.54) is 0 Å². The van der Waals surface area contributed by atoms with E-state index in [1.807, 2.05) is 38.1 Å². The fraction of sp³-hybridized carbons (Fsp3) is 0.286. The van der Waals surface area contributed by atoms with Gasteiger partial charge in [-0.3, -0.25) is 4.98 Å². The van der Waals surface area contributed by atoms with E-state index in [0.717, 1.165) is 22.2 Å². The second-order valence-electron chi connectivity index (χ2n) is 3.93. The average molecular weight is 266 g/mol. The molecule has 3 nitrogen and oxygen atoms in total. The monoisotopic (exact) mass is 265 g/mol. The van der Waals surface area contributed by atoms with Gasteiger partial charge in [0.25, 0.3) is 0 Å². The Morgan fingerprint density at radius 3 is 2.61 bits per heavy atom. The van der Waals surface area contributed by atoms with Crippen molar-refractivity contribution < 1.29 is 9.53 Å². The molecule has 0 amide bonds. The van der Waals surface area contributed by atoms with Gasteiger partial charge in [-0.05, 0) is 32.4 Å². The summed E-state index contributed by atoms with van der Waals surface area (Å²) in [5.74, 6) is -0.291. The Kier molecular flexibility index (Phi) is 4.68. The molecule has 4 heteroatoms. The second-order valence-corrected chi connectivity index (χ2v) is 3.93. The lowest BCUT2D eigenvalue weighted by atomic mass is 10.0. The standard InChI is InChI=1S/C14H15NO2.ClH/c1-4-17-14(16)13-9(2)11-7-5-6-8-12(11)15-10(13)3;/h5-8H,4H2,1-3H3;1H. The van der Waals surface area contributed by atoms with E-state index in [-0.39, 0.29) is 18.4 Å². The lowest BCUT2D eigenvalue weighted by molar-refractivity contribution is 0.0524. The number of esters is 1. The minimum atomic E-state index is -0.291. The van der Waals surface area contributed by atoms with Crippen molar-refractivity contribution in [2.75, 3.05) is 6.61 Å². The maximum absolute atomic E-state index is 11.9. The summed E-state index contributed by atoms with van der Waals surface area (Å²) >= 11 is 0. The molecular formula is C14H16ClNO2. The van der Waals surface area contributed by atoms with E-state index in [1.54, 1.807) is 6.92 Å². The molecule has 1 aromatic heterocycles. The highest BCUT2D eigenvalue weighted by atomic mass is 35.5. The van der Waals surface area contributed by atoms with Gasteiger partial charge in [0.15, 0.2) is 0 Å². The number of hydrogen-bond acceptors (Lipinski definition) is 3. The molecule has 0 radical (unpaired) electrons. The summed E-state index contributed by atoms with van der Waals surface area (Å²) in [5.41, 5.74) is 3.16. The number of pyridine rings is 1. The number of hydrogen-bond donors (Lipinski definition) is 0. The fourth-order valence-corrected chi connectivity index (χ4v) is 2.03. The van der Waals surface area contributed by atoms with Crippen LogP contribution in [0.25, 0.3) is 10.9 Å². The molecule has 0 saturated carbocycles. The Hall–Kier alpha value is -1.61. The number of carbonyl (C=O) groups is 1. The molecule has 0 aliphatic heterocycles. The number of para-hydroxylation sites is 1. The quantitative estimate of drug-likeness (QED) is 0.781. The van der Waals surface area contributed by atoms with E-state index in [4.69, 9.17) is 4.74 Å². The van der Waals surface area contributed by atoms with Crippen molar-refractivity contribution in [3.05, 3.63) is 41.1 Å². The Balaban J connectivity index is 0.00000162. The van der Waals surface area contributed by atoms with Gasteiger partial charge in [0.2, 0.25) is 0 Å². The van der Waals surface area contributed by atoms with Crippen LogP contribution in [0.5, 0.6) is 0 Å². The van der Waals surface area contributed by atoms with E-state index in [2.05, 4.69) is 4.98 Å². The van der Waals surface area contributed by atoms with Gasteiger partial charge in [0.05, 0.1) is 23.4 Å². The maximum Gasteiger partial charge on any atom is 0.340 e. The van der Waals surface area contributed by atoms with Gasteiger partial charge in [0, 0.05) is 5.39 Å². The molecule has 0 fully saturated rings. The number of carbonyl (C=O) groups excluding carboxylic acids is 1. The average Bonchev–Trinajstić information content (AvgIpc) is 2.29. The Bertz CT molecular complexity index is 581. The van der Waals surface area contributed by atoms with Gasteiger partial charge >= 0.3 is 5.97 Å². The molecule has 2 aromatic rings. The molecule has 0 atom stereocenters. The highest BCUT2D eigenvalue weighted by molar-refractivity contribution is 5.98. The lowest BCUT2D eigenvalue weighted by Gasteiger charge is -2.11. The molecule has 96 valence electrons. The minimum absolute atomic E-state index is 0. The van der Waals surface area contributed by atoms with Crippen LogP contribution in [0.2, 0.25) is 0 Å². The molecule has 0 spiro atoms. The van der Waals surface area contributed by atoms with Crippen molar-refractivity contribution in [1.82, 2.24) is 4.98 Å². The van der Waals surface area contributed by atoms with Crippen molar-refractivity contribution >= 4 is 29.3 Å². The lowest BCUT2D eigenvalue weighted by Crippen LogP contribution is -2.10. The van der Waals surface area contributed by atoms with Crippen LogP contribution >= 0.6 is 12.4 Å². The van der Waals surface area contributed by atoms with E-state index in [0.29, 0.717) is 12.2 Å². The molecule has 1 aromatic carbocycles. The van der Waals surface area contributed by atoms with Gasteiger partial charge in [-0.2, -0.15) is 0 Å². The van der Waals surface area contributed by atoms with Crippen LogP contribution in [0.15, 0.2) is 24.3 Å². The first-order valence-corrected chi connectivity index (χ1v) is 5.68. The summed E-state index contributed by atoms with van der Waals surface area (Å²) in [4.78, 5) is 16.3. The molecule has 0 bridgehead atoms. The summed E-state index contributed by atoms with van der Waals surface area (Å²) in [7, 11) is 0. The fourth-order valence-electron chi connectivity index (χ4n) is 2.03. The topological polar surface area (TPSA) is 39.2 Å². The van der Waals surface area contributed by atoms with Crippen molar-refractivity contribution in [2.45, 2.75) is 20.8 Å². The van der Waals surface area contributed by atoms with Crippen LogP contribution in [-0.2, 0) is 4.74 Å². The summed E-state index contributed by atoms with van der Waals surface area (Å²) in [6, 6.07) is 7.81. The van der Waals surface area contributed by atoms with Gasteiger partial charge in [-0.1, -0.05) is 18.2 Å². The first kappa shape index (κ1) is 14.5. The number of halogens is 1. The molecule has 0 aliphatic rings. The summed E-state index contributed by atoms with van der Waals surface area (Å²) < 4.78 is 5.06. The third-order valence-corrected chi connectivity index (χ3v) is 2.81. The van der Waals surface area contributed by atoms with E-state index < -0.39 is 0 Å². The van der Waals surface area contributed by atoms with Crippen molar-refractivity contribution in [2.24, 2.45) is 0 Å². The third-order valence-electron chi connectivity index (χ3n) is 2.81. The van der Waals surface area contributed by atoms with Crippen LogP contribution in [0.3, 0.4) is 0 Å². The molecule has 18 heavy (non-hydrogen) atoms. The van der Waals surface area contributed by atoms with Crippen LogP contribution < -0.4 is 0 Å². The van der Waals surface area contributed by atoms with Crippen molar-refractivity contribution in [3.63, 3.8) is 0 Å². The Morgan fingerprint density at radius 1 is 1.28 bits per heavy atom. The SMILES string of the molecule is CCOC(=O)c1c(C)nc2ccccc2c1C.Cl. The number of aryl methyl sites for hydroxylation is 2. The van der Waals surface area contributed by atoms with Gasteiger partial charge in [-0.25, -0.2) is 4.79 Å². The predicted octanol–water partition coefficient (Wildman–Crippen LogP) is 3.45. The normalized spacial score (nSPS) is 9.94. The summed E-state index contributed by atoms with van der Waals surface area (Å²) in [6.45, 7) is 5.95. The number of benzene rings is 1. The molecule has 2 rings (SSSR count). The third kappa shape index (κ3) is 2.46. The van der Waals surface area contributed by atoms with Crippen LogP contribution in [0.4, 0.5) is 0 Å². The van der Waals surface area contributed by atoms with Crippen LogP contribution in [0, 0.1) is 13.8 Å². The number of ether oxygens (including phenoxy) is 1. The zero-order chi connectivity index (χ0) is 12.4. The van der Waals surface area contributed by atoms with Gasteiger partial charge in [-0.15, -0.1) is 12.4 Å². The molecule has 0 unspecified atom stereocenters. The second kappa shape index (κ2) is 5.83. The molecule has 1 heterocycles. The Morgan fingerprint density at radius 2 is 1.94 bits per heavy atom. The largest absolute Gasteiger partial charge is 0.462 e. The molecule has 0 saturated heterocycles. The van der Waals surface area contributed by atoms with Gasteiger partial charge in [0.1, 0.15) is 0 Å². The molecule has 0 N–H and O–H groups in total. The molecule has 0 aliphatic carbocycles. The highest BCUT2D eigenvalue weighted by Gasteiger charge is 2.16. The van der Waals surface area contributed by atoms with Crippen molar-refractivity contribution in [1.29, 1.82) is 0 Å². The minimum Gasteiger partial charge on any atom is -0.462 e. The number of fused-ring (bicyclic) bond motifs is 1. The molecular weight excluding hydrogens is 250 g/mol. The van der Waals surface area contributed by atoms with Crippen molar-refractivity contribution in [3.8, 4) is 0 Å². The maximum atomic E-state index is 11.9. The summed E-state index contributed by atoms with van der Waals surface area (Å²) in [6.07, 6.45) is 0. The highest BCUT2D eigenvalue weighted by Crippen LogP contribution is 2.22. The number of rotatable bonds is 2. The van der Waals surface area contributed by atoms with E-state index >= 15 is 0 Å².